The molecule has 6 nitrogen and oxygen atoms in total. The van der Waals surface area contributed by atoms with Crippen LogP contribution in [-0.4, -0.2) is 38.7 Å². The molecule has 0 aliphatic carbocycles. The Balaban J connectivity index is 2.17. The van der Waals surface area contributed by atoms with Gasteiger partial charge in [-0.05, 0) is 24.6 Å². The van der Waals surface area contributed by atoms with Crippen molar-refractivity contribution < 1.29 is 19.1 Å². The molecule has 1 aromatic rings. The first-order chi connectivity index (χ1) is 10.2. The van der Waals surface area contributed by atoms with E-state index in [1.165, 1.54) is 0 Å². The van der Waals surface area contributed by atoms with Crippen LogP contribution >= 0.6 is 0 Å². The molecule has 0 atom stereocenters. The fraction of sp³-hybridized carbons (Fsp3) is 0.467. The first-order valence-electron chi connectivity index (χ1n) is 6.91. The molecule has 0 aliphatic heterocycles. The van der Waals surface area contributed by atoms with Gasteiger partial charge in [-0.25, -0.2) is 0 Å². The van der Waals surface area contributed by atoms with Gasteiger partial charge in [-0.2, -0.15) is 0 Å². The highest BCUT2D eigenvalue weighted by Gasteiger charge is 2.04. The fourth-order valence-electron chi connectivity index (χ4n) is 1.67. The van der Waals surface area contributed by atoms with Gasteiger partial charge in [0.25, 0.3) is 0 Å². The molecule has 2 N–H and O–H groups in total. The molecule has 0 spiro atoms. The molecule has 6 heteroatoms. The molecule has 0 heterocycles. The number of ether oxygens (including phenoxy) is 2. The molecular formula is C15H22N2O4. The van der Waals surface area contributed by atoms with Gasteiger partial charge in [-0.15, -0.1) is 0 Å². The molecule has 0 bridgehead atoms. The van der Waals surface area contributed by atoms with Crippen LogP contribution in [0.25, 0.3) is 0 Å². The third-order valence-electron chi connectivity index (χ3n) is 2.72. The molecule has 0 unspecified atom stereocenters. The minimum Gasteiger partial charge on any atom is -0.497 e. The summed E-state index contributed by atoms with van der Waals surface area (Å²) in [6.45, 7) is 3.17. The molecule has 0 saturated carbocycles. The smallest absolute Gasteiger partial charge is 0.307 e. The lowest BCUT2D eigenvalue weighted by molar-refractivity contribution is -0.143. The lowest BCUT2D eigenvalue weighted by atomic mass is 10.2. The fourth-order valence-corrected chi connectivity index (χ4v) is 1.67. The third kappa shape index (κ3) is 7.31. The molecule has 21 heavy (non-hydrogen) atoms. The van der Waals surface area contributed by atoms with Crippen molar-refractivity contribution >= 4 is 11.9 Å². The molecular weight excluding hydrogens is 272 g/mol. The first kappa shape index (κ1) is 17.0. The average molecular weight is 294 g/mol. The molecule has 1 aromatic carbocycles. The monoisotopic (exact) mass is 294 g/mol. The number of rotatable bonds is 9. The van der Waals surface area contributed by atoms with Gasteiger partial charge in [0, 0.05) is 13.1 Å². The maximum Gasteiger partial charge on any atom is 0.307 e. The molecule has 0 aromatic heterocycles. The zero-order valence-electron chi connectivity index (χ0n) is 12.5. The van der Waals surface area contributed by atoms with E-state index in [0.717, 1.165) is 11.3 Å². The van der Waals surface area contributed by atoms with Crippen molar-refractivity contribution in [3.8, 4) is 5.75 Å². The topological polar surface area (TPSA) is 76.7 Å². The third-order valence-corrected chi connectivity index (χ3v) is 2.72. The van der Waals surface area contributed by atoms with Gasteiger partial charge in [-0.1, -0.05) is 12.1 Å². The summed E-state index contributed by atoms with van der Waals surface area (Å²) >= 11 is 0. The second-order valence-corrected chi connectivity index (χ2v) is 4.36. The second kappa shape index (κ2) is 9.77. The largest absolute Gasteiger partial charge is 0.497 e. The highest BCUT2D eigenvalue weighted by Crippen LogP contribution is 2.11. The summed E-state index contributed by atoms with van der Waals surface area (Å²) in [5.74, 6) is 0.373. The van der Waals surface area contributed by atoms with Gasteiger partial charge in [0.15, 0.2) is 0 Å². The number of carbonyl (C=O) groups is 2. The summed E-state index contributed by atoms with van der Waals surface area (Å²) in [6, 6.07) is 7.51. The Morgan fingerprint density at radius 3 is 2.81 bits per heavy atom. The summed E-state index contributed by atoms with van der Waals surface area (Å²) in [4.78, 5) is 22.7. The standard InChI is InChI=1S/C15H22N2O4/c1-3-21-15(19)7-8-16-11-14(18)17-10-12-5-4-6-13(9-12)20-2/h4-6,9,16H,3,7-8,10-11H2,1-2H3,(H,17,18). The molecule has 116 valence electrons. The molecule has 0 aliphatic rings. The van der Waals surface area contributed by atoms with Gasteiger partial charge in [0.05, 0.1) is 26.7 Å². The Kier molecular flexibility index (Phi) is 7.89. The van der Waals surface area contributed by atoms with E-state index in [1.807, 2.05) is 24.3 Å². The molecule has 0 fully saturated rings. The number of benzene rings is 1. The minimum atomic E-state index is -0.262. The predicted octanol–water partition coefficient (Wildman–Crippen LogP) is 0.854. The summed E-state index contributed by atoms with van der Waals surface area (Å²) in [6.07, 6.45) is 0.261. The Morgan fingerprint density at radius 2 is 2.10 bits per heavy atom. The number of esters is 1. The Bertz CT molecular complexity index is 463. The van der Waals surface area contributed by atoms with Crippen molar-refractivity contribution in [1.82, 2.24) is 10.6 Å². The molecule has 1 rings (SSSR count). The highest BCUT2D eigenvalue weighted by atomic mass is 16.5. The van der Waals surface area contributed by atoms with Crippen LogP contribution in [0.4, 0.5) is 0 Å². The van der Waals surface area contributed by atoms with Gasteiger partial charge < -0.3 is 20.1 Å². The van der Waals surface area contributed by atoms with E-state index in [4.69, 9.17) is 9.47 Å². The van der Waals surface area contributed by atoms with Crippen LogP contribution in [0.15, 0.2) is 24.3 Å². The van der Waals surface area contributed by atoms with Crippen LogP contribution in [0.1, 0.15) is 18.9 Å². The SMILES string of the molecule is CCOC(=O)CCNCC(=O)NCc1cccc(OC)c1. The molecule has 1 amide bonds. The maximum atomic E-state index is 11.6. The van der Waals surface area contributed by atoms with E-state index in [9.17, 15) is 9.59 Å². The van der Waals surface area contributed by atoms with Crippen molar-refractivity contribution in [3.63, 3.8) is 0 Å². The van der Waals surface area contributed by atoms with Gasteiger partial charge >= 0.3 is 5.97 Å². The summed E-state index contributed by atoms with van der Waals surface area (Å²) in [5.41, 5.74) is 0.967. The number of hydrogen-bond acceptors (Lipinski definition) is 5. The number of carbonyl (C=O) groups excluding carboxylic acids is 2. The van der Waals surface area contributed by atoms with Crippen molar-refractivity contribution in [1.29, 1.82) is 0 Å². The van der Waals surface area contributed by atoms with Crippen LogP contribution in [0.3, 0.4) is 0 Å². The highest BCUT2D eigenvalue weighted by molar-refractivity contribution is 5.78. The van der Waals surface area contributed by atoms with E-state index in [-0.39, 0.29) is 24.8 Å². The lowest BCUT2D eigenvalue weighted by Gasteiger charge is -2.08. The van der Waals surface area contributed by atoms with Crippen molar-refractivity contribution in [2.45, 2.75) is 19.9 Å². The number of methoxy groups -OCH3 is 1. The van der Waals surface area contributed by atoms with Gasteiger partial charge in [0.2, 0.25) is 5.91 Å². The van der Waals surface area contributed by atoms with Crippen LogP contribution < -0.4 is 15.4 Å². The zero-order chi connectivity index (χ0) is 15.5. The zero-order valence-corrected chi connectivity index (χ0v) is 12.5. The predicted molar refractivity (Wildman–Crippen MR) is 79.0 cm³/mol. The number of amides is 1. The summed E-state index contributed by atoms with van der Waals surface area (Å²) in [7, 11) is 1.60. The minimum absolute atomic E-state index is 0.123. The van der Waals surface area contributed by atoms with E-state index in [1.54, 1.807) is 14.0 Å². The first-order valence-corrected chi connectivity index (χ1v) is 6.91. The van der Waals surface area contributed by atoms with Crippen LogP contribution in [0, 0.1) is 0 Å². The van der Waals surface area contributed by atoms with Crippen LogP contribution in [-0.2, 0) is 20.9 Å². The van der Waals surface area contributed by atoms with E-state index in [2.05, 4.69) is 10.6 Å². The number of hydrogen-bond donors (Lipinski definition) is 2. The van der Waals surface area contributed by atoms with E-state index < -0.39 is 0 Å². The van der Waals surface area contributed by atoms with E-state index in [0.29, 0.717) is 19.7 Å². The summed E-state index contributed by atoms with van der Waals surface area (Å²) < 4.78 is 9.90. The number of nitrogens with one attached hydrogen (secondary N) is 2. The second-order valence-electron chi connectivity index (χ2n) is 4.36. The average Bonchev–Trinajstić information content (AvgIpc) is 2.50. The Labute approximate surface area is 124 Å². The van der Waals surface area contributed by atoms with Gasteiger partial charge in [0.1, 0.15) is 5.75 Å². The molecule has 0 radical (unpaired) electrons. The maximum absolute atomic E-state index is 11.6. The van der Waals surface area contributed by atoms with E-state index >= 15 is 0 Å². The quantitative estimate of drug-likeness (QED) is 0.522. The van der Waals surface area contributed by atoms with Crippen molar-refractivity contribution in [2.75, 3.05) is 26.8 Å². The molecule has 0 saturated heterocycles. The normalized spacial score (nSPS) is 10.0. The van der Waals surface area contributed by atoms with Crippen molar-refractivity contribution in [2.24, 2.45) is 0 Å². The summed E-state index contributed by atoms with van der Waals surface area (Å²) in [5, 5.41) is 5.69. The lowest BCUT2D eigenvalue weighted by Crippen LogP contribution is -2.34. The van der Waals surface area contributed by atoms with Crippen LogP contribution in [0.2, 0.25) is 0 Å². The van der Waals surface area contributed by atoms with Gasteiger partial charge in [-0.3, -0.25) is 9.59 Å². The van der Waals surface area contributed by atoms with Crippen molar-refractivity contribution in [3.05, 3.63) is 29.8 Å². The Morgan fingerprint density at radius 1 is 1.29 bits per heavy atom. The Hall–Kier alpha value is -2.08. The van der Waals surface area contributed by atoms with Crippen LogP contribution in [0.5, 0.6) is 5.75 Å².